The van der Waals surface area contributed by atoms with Crippen LogP contribution in [0.4, 0.5) is 0 Å². The van der Waals surface area contributed by atoms with Crippen LogP contribution in [-0.4, -0.2) is 65.1 Å². The van der Waals surface area contributed by atoms with Crippen molar-refractivity contribution in [3.63, 3.8) is 0 Å². The minimum absolute atomic E-state index is 0.00440. The van der Waals surface area contributed by atoms with Gasteiger partial charge in [-0.2, -0.15) is 0 Å². The number of hydrogen-bond donors (Lipinski definition) is 4. The molecule has 2 aromatic heterocycles. The molecule has 1 saturated heterocycles. The Morgan fingerprint density at radius 2 is 1.78 bits per heavy atom. The fraction of sp³-hybridized carbons (Fsp3) is 0.280. The van der Waals surface area contributed by atoms with Crippen LogP contribution in [0.1, 0.15) is 27.3 Å². The zero-order chi connectivity index (χ0) is 25.4. The number of nitrogens with one attached hydrogen (secondary N) is 4. The predicted molar refractivity (Wildman–Crippen MR) is 133 cm³/mol. The summed E-state index contributed by atoms with van der Waals surface area (Å²) in [7, 11) is 2.99. The first-order chi connectivity index (χ1) is 17.4. The Morgan fingerprint density at radius 3 is 2.47 bits per heavy atom. The van der Waals surface area contributed by atoms with Crippen molar-refractivity contribution in [1.82, 2.24) is 24.8 Å². The van der Waals surface area contributed by atoms with Gasteiger partial charge in [-0.15, -0.1) is 0 Å². The lowest BCUT2D eigenvalue weighted by atomic mass is 10.1. The Morgan fingerprint density at radius 1 is 1.03 bits per heavy atom. The van der Waals surface area contributed by atoms with Gasteiger partial charge in [0.1, 0.15) is 11.2 Å². The van der Waals surface area contributed by atoms with Crippen molar-refractivity contribution in [1.29, 1.82) is 5.41 Å². The van der Waals surface area contributed by atoms with Gasteiger partial charge in [0.15, 0.2) is 11.5 Å². The van der Waals surface area contributed by atoms with Crippen LogP contribution in [0.15, 0.2) is 41.2 Å². The maximum absolute atomic E-state index is 12.7. The number of nitrogens with zero attached hydrogens (tertiary/aromatic N) is 2. The molecule has 11 nitrogen and oxygen atoms in total. The van der Waals surface area contributed by atoms with Crippen molar-refractivity contribution in [3.8, 4) is 11.5 Å². The van der Waals surface area contributed by atoms with E-state index >= 15 is 0 Å². The first kappa shape index (κ1) is 23.2. The van der Waals surface area contributed by atoms with Crippen LogP contribution >= 0.6 is 0 Å². The molecule has 36 heavy (non-hydrogen) atoms. The van der Waals surface area contributed by atoms with E-state index in [1.54, 1.807) is 41.3 Å². The molecule has 0 unspecified atom stereocenters. The largest absolute Gasteiger partial charge is 0.493 e. The number of benzene rings is 2. The van der Waals surface area contributed by atoms with E-state index < -0.39 is 5.69 Å². The summed E-state index contributed by atoms with van der Waals surface area (Å²) in [6, 6.07) is 10.3. The minimum Gasteiger partial charge on any atom is -0.493 e. The molecule has 5 rings (SSSR count). The molecule has 0 aliphatic carbocycles. The van der Waals surface area contributed by atoms with Crippen LogP contribution in [0.2, 0.25) is 0 Å². The number of ether oxygens (including phenoxy) is 2. The van der Waals surface area contributed by atoms with Gasteiger partial charge < -0.3 is 29.7 Å². The summed E-state index contributed by atoms with van der Waals surface area (Å²) in [5.74, 6) is 0.534. The lowest BCUT2D eigenvalue weighted by Crippen LogP contribution is -2.41. The molecule has 3 heterocycles. The second-order valence-electron chi connectivity index (χ2n) is 8.57. The zero-order valence-electron chi connectivity index (χ0n) is 19.9. The molecule has 0 spiro atoms. The van der Waals surface area contributed by atoms with Crippen molar-refractivity contribution >= 4 is 33.6 Å². The summed E-state index contributed by atoms with van der Waals surface area (Å²) in [5.41, 5.74) is 1.66. The Balaban J connectivity index is 1.31. The van der Waals surface area contributed by atoms with E-state index in [1.807, 2.05) is 0 Å². The van der Waals surface area contributed by atoms with Crippen molar-refractivity contribution in [2.75, 3.05) is 33.9 Å². The third-order valence-electron chi connectivity index (χ3n) is 6.41. The van der Waals surface area contributed by atoms with E-state index in [-0.39, 0.29) is 30.4 Å². The number of methoxy groups -OCH3 is 2. The molecule has 0 bridgehead atoms. The molecule has 1 fully saturated rings. The molecule has 1 aliphatic heterocycles. The van der Waals surface area contributed by atoms with E-state index in [9.17, 15) is 14.4 Å². The Bertz CT molecular complexity index is 1610. The zero-order valence-corrected chi connectivity index (χ0v) is 19.9. The van der Waals surface area contributed by atoms with Crippen LogP contribution in [0.3, 0.4) is 0 Å². The van der Waals surface area contributed by atoms with Gasteiger partial charge in [0.05, 0.1) is 19.7 Å². The third-order valence-corrected chi connectivity index (χ3v) is 6.41. The number of amides is 2. The normalized spacial score (nSPS) is 13.0. The molecule has 4 aromatic rings. The summed E-state index contributed by atoms with van der Waals surface area (Å²) in [6.45, 7) is 1.78. The van der Waals surface area contributed by atoms with Gasteiger partial charge in [-0.05, 0) is 36.8 Å². The molecule has 0 saturated carbocycles. The number of rotatable bonds is 7. The maximum atomic E-state index is 12.7. The van der Waals surface area contributed by atoms with E-state index in [1.165, 1.54) is 18.8 Å². The summed E-state index contributed by atoms with van der Waals surface area (Å²) >= 11 is 0. The third kappa shape index (κ3) is 4.08. The average Bonchev–Trinajstić information content (AvgIpc) is 3.27. The lowest BCUT2D eigenvalue weighted by molar-refractivity contribution is 0.0652. The molecule has 11 heteroatoms. The highest BCUT2D eigenvalue weighted by Crippen LogP contribution is 2.29. The average molecular weight is 491 g/mol. The molecule has 0 radical (unpaired) electrons. The number of fused-ring (bicyclic) bond motifs is 2. The van der Waals surface area contributed by atoms with Gasteiger partial charge in [0, 0.05) is 54.1 Å². The Labute approximate surface area is 205 Å². The molecular formula is C25H26N6O5. The number of likely N-dealkylation sites (tertiary alicyclic amines) is 1. The van der Waals surface area contributed by atoms with Gasteiger partial charge in [-0.1, -0.05) is 0 Å². The number of hydrogen-bond acceptors (Lipinski definition) is 6. The molecule has 2 aromatic carbocycles. The highest BCUT2D eigenvalue weighted by Gasteiger charge is 2.22. The lowest BCUT2D eigenvalue weighted by Gasteiger charge is -2.30. The second-order valence-corrected chi connectivity index (χ2v) is 8.57. The highest BCUT2D eigenvalue weighted by atomic mass is 16.5. The molecule has 186 valence electrons. The van der Waals surface area contributed by atoms with Crippen LogP contribution in [0.5, 0.6) is 11.5 Å². The van der Waals surface area contributed by atoms with Crippen LogP contribution in [0, 0.1) is 5.41 Å². The molecule has 1 aliphatic rings. The van der Waals surface area contributed by atoms with Crippen molar-refractivity contribution in [2.45, 2.75) is 13.0 Å². The SMILES string of the molecule is COc1cc2[nH]c(=O)n(CCNC(=O)c3cc4cc(C(=O)N5CCC5)ccc4[nH]3)c(=N)c2cc1OC. The molecule has 2 amide bonds. The molecule has 4 N–H and O–H groups in total. The quantitative estimate of drug-likeness (QED) is 0.311. The smallest absolute Gasteiger partial charge is 0.327 e. The van der Waals surface area contributed by atoms with Crippen LogP contribution in [0.25, 0.3) is 21.8 Å². The van der Waals surface area contributed by atoms with Crippen molar-refractivity contribution in [3.05, 3.63) is 63.6 Å². The summed E-state index contributed by atoms with van der Waals surface area (Å²) in [5, 5.41) is 12.5. The first-order valence-electron chi connectivity index (χ1n) is 11.5. The molecular weight excluding hydrogens is 464 g/mol. The van der Waals surface area contributed by atoms with E-state index in [4.69, 9.17) is 14.9 Å². The van der Waals surface area contributed by atoms with Gasteiger partial charge in [-0.3, -0.25) is 19.6 Å². The maximum Gasteiger partial charge on any atom is 0.327 e. The second kappa shape index (κ2) is 9.25. The van der Waals surface area contributed by atoms with Crippen molar-refractivity contribution in [2.24, 2.45) is 0 Å². The minimum atomic E-state index is -0.473. The van der Waals surface area contributed by atoms with E-state index in [2.05, 4.69) is 15.3 Å². The topological polar surface area (TPSA) is 145 Å². The Kier molecular flexibility index (Phi) is 5.96. The number of H-pyrrole nitrogens is 2. The number of carbonyl (C=O) groups is 2. The van der Waals surface area contributed by atoms with Gasteiger partial charge >= 0.3 is 5.69 Å². The van der Waals surface area contributed by atoms with Crippen molar-refractivity contribution < 1.29 is 19.1 Å². The number of aromatic nitrogens is 3. The van der Waals surface area contributed by atoms with Crippen LogP contribution < -0.4 is 26.0 Å². The summed E-state index contributed by atoms with van der Waals surface area (Å²) < 4.78 is 11.8. The summed E-state index contributed by atoms with van der Waals surface area (Å²) in [4.78, 5) is 45.4. The number of aromatic amines is 2. The van der Waals surface area contributed by atoms with Crippen LogP contribution in [-0.2, 0) is 6.54 Å². The fourth-order valence-corrected chi connectivity index (χ4v) is 4.29. The van der Waals surface area contributed by atoms with Gasteiger partial charge in [-0.25, -0.2) is 4.79 Å². The van der Waals surface area contributed by atoms with E-state index in [0.29, 0.717) is 33.7 Å². The summed E-state index contributed by atoms with van der Waals surface area (Å²) in [6.07, 6.45) is 1.02. The monoisotopic (exact) mass is 490 g/mol. The van der Waals surface area contributed by atoms with Gasteiger partial charge in [0.2, 0.25) is 0 Å². The predicted octanol–water partition coefficient (Wildman–Crippen LogP) is 1.58. The van der Waals surface area contributed by atoms with Gasteiger partial charge in [0.25, 0.3) is 11.8 Å². The Hall–Kier alpha value is -4.54. The standard InChI is InChI=1S/C25H26N6O5/c1-35-20-12-16-18(13-21(20)36-2)29-25(34)31(22(16)26)9-6-27-23(32)19-11-15-10-14(4-5-17(15)28-19)24(33)30-7-3-8-30/h4-5,10-13,26,28H,3,6-9H2,1-2H3,(H,27,32)(H,29,34). The van der Waals surface area contributed by atoms with E-state index in [0.717, 1.165) is 30.4 Å². The first-order valence-corrected chi connectivity index (χ1v) is 11.5. The fourth-order valence-electron chi connectivity index (χ4n) is 4.29. The number of carbonyl (C=O) groups excluding carboxylic acids is 2. The highest BCUT2D eigenvalue weighted by molar-refractivity contribution is 6.01. The molecule has 0 atom stereocenters.